The highest BCUT2D eigenvalue weighted by atomic mass is 31.2. The number of nitrogens with zero attached hydrogens (tertiary/aromatic N) is 1. The van der Waals surface area contributed by atoms with E-state index in [0.29, 0.717) is 25.8 Å². The third-order valence-corrected chi connectivity index (χ3v) is 7.21. The van der Waals surface area contributed by atoms with Crippen molar-refractivity contribution in [3.63, 3.8) is 0 Å². The van der Waals surface area contributed by atoms with Crippen LogP contribution in [-0.4, -0.2) is 54.9 Å². The first-order valence-electron chi connectivity index (χ1n) is 7.33. The smallest absolute Gasteiger partial charge is 0.324 e. The van der Waals surface area contributed by atoms with E-state index in [2.05, 4.69) is 0 Å². The van der Waals surface area contributed by atoms with E-state index in [1.54, 1.807) is 18.7 Å². The first-order valence-corrected chi connectivity index (χ1v) is 10.7. The zero-order chi connectivity index (χ0) is 16.9. The maximum absolute atomic E-state index is 12.1. The molecule has 1 atom stereocenters. The lowest BCUT2D eigenvalue weighted by atomic mass is 9.89. The molecule has 0 aromatic rings. The van der Waals surface area contributed by atoms with Crippen molar-refractivity contribution in [2.75, 3.05) is 19.3 Å². The molecule has 9 heteroatoms. The van der Waals surface area contributed by atoms with Crippen LogP contribution in [0.5, 0.6) is 0 Å². The van der Waals surface area contributed by atoms with E-state index in [4.69, 9.17) is 9.79 Å². The van der Waals surface area contributed by atoms with Crippen molar-refractivity contribution in [3.8, 4) is 0 Å². The molecular formula is C12H29NO6P2. The van der Waals surface area contributed by atoms with Crippen LogP contribution in [0.4, 0.5) is 0 Å². The maximum Gasteiger partial charge on any atom is 0.333 e. The summed E-state index contributed by atoms with van der Waals surface area (Å²) in [6.45, 7) is 7.80. The Morgan fingerprint density at radius 3 is 1.71 bits per heavy atom. The minimum atomic E-state index is -4.35. The third kappa shape index (κ3) is 5.43. The van der Waals surface area contributed by atoms with Crippen LogP contribution in [0, 0.1) is 0 Å². The van der Waals surface area contributed by atoms with Gasteiger partial charge in [-0.2, -0.15) is 0 Å². The number of hydrogen-bond acceptors (Lipinski definition) is 3. The highest BCUT2D eigenvalue weighted by Crippen LogP contribution is 2.58. The summed E-state index contributed by atoms with van der Waals surface area (Å²) in [5, 5.41) is -1.17. The molecule has 7 nitrogen and oxygen atoms in total. The topological polar surface area (TPSA) is 118 Å². The van der Waals surface area contributed by atoms with Gasteiger partial charge in [0.25, 0.3) is 0 Å². The van der Waals surface area contributed by atoms with E-state index in [0.717, 1.165) is 0 Å². The largest absolute Gasteiger partial charge is 0.333 e. The van der Waals surface area contributed by atoms with Crippen molar-refractivity contribution < 1.29 is 28.7 Å². The van der Waals surface area contributed by atoms with Gasteiger partial charge in [-0.3, -0.25) is 14.0 Å². The van der Waals surface area contributed by atoms with E-state index in [1.165, 1.54) is 0 Å². The Hall–Kier alpha value is 0.260. The fraction of sp³-hybridized carbons (Fsp3) is 1.00. The van der Waals surface area contributed by atoms with Gasteiger partial charge in [0, 0.05) is 12.6 Å². The Balaban J connectivity index is 5.49. The molecule has 128 valence electrons. The highest BCUT2D eigenvalue weighted by Gasteiger charge is 2.51. The fourth-order valence-electron chi connectivity index (χ4n) is 3.10. The third-order valence-electron chi connectivity index (χ3n) is 4.34. The van der Waals surface area contributed by atoms with Gasteiger partial charge in [0.15, 0.2) is 0 Å². The summed E-state index contributed by atoms with van der Waals surface area (Å²) in [6, 6.07) is -0.412. The van der Waals surface area contributed by atoms with Crippen LogP contribution in [0.1, 0.15) is 47.0 Å². The van der Waals surface area contributed by atoms with Crippen LogP contribution < -0.4 is 0 Å². The first-order chi connectivity index (χ1) is 9.49. The summed E-state index contributed by atoms with van der Waals surface area (Å²) in [5.74, 6) is 0. The predicted molar refractivity (Wildman–Crippen MR) is 83.6 cm³/mol. The molecule has 0 aromatic carbocycles. The zero-order valence-corrected chi connectivity index (χ0v) is 15.1. The molecular weight excluding hydrogens is 316 g/mol. The van der Waals surface area contributed by atoms with Crippen LogP contribution in [-0.2, 0) is 9.13 Å². The lowest BCUT2D eigenvalue weighted by molar-refractivity contribution is 0.137. The number of hydrogen-bond donors (Lipinski definition) is 4. The number of rotatable bonds is 10. The van der Waals surface area contributed by atoms with Gasteiger partial charge in [-0.05, 0) is 25.8 Å². The van der Waals surface area contributed by atoms with Crippen LogP contribution in [0.2, 0.25) is 0 Å². The van der Waals surface area contributed by atoms with Gasteiger partial charge in [-0.15, -0.1) is 0 Å². The summed E-state index contributed by atoms with van der Waals surface area (Å²) in [5.41, 5.74) is 0. The molecule has 21 heavy (non-hydrogen) atoms. The monoisotopic (exact) mass is 345 g/mol. The summed E-state index contributed by atoms with van der Waals surface area (Å²) >= 11 is 0. The fourth-order valence-corrected chi connectivity index (χ4v) is 5.17. The molecule has 0 aliphatic heterocycles. The van der Waals surface area contributed by atoms with Crippen molar-refractivity contribution in [3.05, 3.63) is 0 Å². The average Bonchev–Trinajstić information content (AvgIpc) is 2.35. The molecule has 4 N–H and O–H groups in total. The summed E-state index contributed by atoms with van der Waals surface area (Å²) < 4.78 is 23.1. The Bertz CT molecular complexity index is 401. The van der Waals surface area contributed by atoms with Gasteiger partial charge in [-0.1, -0.05) is 27.7 Å². The van der Waals surface area contributed by atoms with Crippen molar-refractivity contribution in [2.24, 2.45) is 0 Å². The molecule has 0 radical (unpaired) electrons. The Morgan fingerprint density at radius 1 is 1.00 bits per heavy atom. The second-order valence-corrected chi connectivity index (χ2v) is 9.05. The van der Waals surface area contributed by atoms with Crippen molar-refractivity contribution >= 4 is 15.2 Å². The van der Waals surface area contributed by atoms with Crippen LogP contribution in [0.25, 0.3) is 0 Å². The van der Waals surface area contributed by atoms with Gasteiger partial charge in [0.1, 0.15) is 0 Å². The van der Waals surface area contributed by atoms with Crippen LogP contribution >= 0.6 is 15.2 Å². The minimum Gasteiger partial charge on any atom is -0.324 e. The Kier molecular flexibility index (Phi) is 8.31. The molecule has 0 saturated carbocycles. The summed E-state index contributed by atoms with van der Waals surface area (Å²) in [4.78, 5) is 39.5. The van der Waals surface area contributed by atoms with Gasteiger partial charge >= 0.3 is 15.2 Å². The van der Waals surface area contributed by atoms with E-state index < -0.39 is 26.4 Å². The molecule has 0 rings (SSSR count). The van der Waals surface area contributed by atoms with Crippen molar-refractivity contribution in [2.45, 2.75) is 58.2 Å². The van der Waals surface area contributed by atoms with Gasteiger partial charge < -0.3 is 19.6 Å². The Labute approximate surface area is 127 Å². The average molecular weight is 345 g/mol. The molecule has 0 spiro atoms. The van der Waals surface area contributed by atoms with Gasteiger partial charge in [0.05, 0.1) is 11.3 Å². The predicted octanol–water partition coefficient (Wildman–Crippen LogP) is 2.00. The molecule has 0 fully saturated rings. The standard InChI is InChI=1S/C12H29NO6P2/c1-5-11(12(6-2,7-3)21(17,18)19)13(8-4)9-10-20(14,15)16/h11H,5-10H2,1-4H3,(H2,14,15,16)(H2,17,18,19). The lowest BCUT2D eigenvalue weighted by Crippen LogP contribution is -2.52. The normalized spacial score (nSPS) is 15.5. The highest BCUT2D eigenvalue weighted by molar-refractivity contribution is 7.53. The maximum atomic E-state index is 12.1. The van der Waals surface area contributed by atoms with E-state index in [1.807, 2.05) is 13.8 Å². The van der Waals surface area contributed by atoms with Crippen LogP contribution in [0.15, 0.2) is 0 Å². The van der Waals surface area contributed by atoms with E-state index >= 15 is 0 Å². The molecule has 1 unspecified atom stereocenters. The van der Waals surface area contributed by atoms with Crippen molar-refractivity contribution in [1.82, 2.24) is 4.90 Å². The second kappa shape index (κ2) is 8.21. The molecule has 0 aromatic heterocycles. The van der Waals surface area contributed by atoms with Crippen LogP contribution in [0.3, 0.4) is 0 Å². The molecule has 0 bridgehead atoms. The lowest BCUT2D eigenvalue weighted by Gasteiger charge is -2.45. The quantitative estimate of drug-likeness (QED) is 0.447. The molecule has 0 amide bonds. The van der Waals surface area contributed by atoms with E-state index in [9.17, 15) is 18.9 Å². The molecule has 0 aliphatic rings. The van der Waals surface area contributed by atoms with Crippen molar-refractivity contribution in [1.29, 1.82) is 0 Å². The second-order valence-electron chi connectivity index (χ2n) is 5.30. The molecule has 0 aliphatic carbocycles. The SMILES string of the molecule is CCC(N(CC)CCP(=O)(O)O)C(CC)(CC)P(=O)(O)O. The minimum absolute atomic E-state index is 0.126. The molecule has 0 saturated heterocycles. The zero-order valence-electron chi connectivity index (χ0n) is 13.3. The molecule has 0 heterocycles. The first kappa shape index (κ1) is 21.3. The summed E-state index contributed by atoms with van der Waals surface area (Å²) in [7, 11) is -8.48. The van der Waals surface area contributed by atoms with Gasteiger partial charge in [-0.25, -0.2) is 0 Å². The van der Waals surface area contributed by atoms with Gasteiger partial charge in [0.2, 0.25) is 0 Å². The Morgan fingerprint density at radius 2 is 1.48 bits per heavy atom. The summed E-state index contributed by atoms with van der Waals surface area (Å²) in [6.07, 6.45) is 0.848. The van der Waals surface area contributed by atoms with E-state index in [-0.39, 0.29) is 12.7 Å².